The number of thioether (sulfide) groups is 1. The SMILES string of the molecule is C[C@@H]1CN(C(=O)c2ccc(NC(=O)c3cc(OCCc4c(Cl)ccc(F)c4Cl)c(N)nn3)cc2)C[C@H](C)N1C(=O)CCCSc1cccc2c1C(=O)N([C@@H]1CCC(=O)NC1=O)C2=O. The van der Waals surface area contributed by atoms with Gasteiger partial charge in [-0.05, 0) is 86.5 Å². The molecular formula is C43H41Cl2FN8O8S. The van der Waals surface area contributed by atoms with E-state index in [0.29, 0.717) is 47.0 Å². The zero-order chi connectivity index (χ0) is 45.1. The average molecular weight is 920 g/mol. The lowest BCUT2D eigenvalue weighted by Crippen LogP contribution is -2.59. The quantitative estimate of drug-likeness (QED) is 0.0665. The lowest BCUT2D eigenvalue weighted by molar-refractivity contribution is -0.138. The summed E-state index contributed by atoms with van der Waals surface area (Å²) in [6, 6.07) is 13.5. The fraction of sp³-hybridized carbons (Fsp3) is 0.326. The molecule has 16 nitrogen and oxygen atoms in total. The Bertz CT molecular complexity index is 2520. The molecule has 3 aromatic carbocycles. The van der Waals surface area contributed by atoms with Crippen molar-refractivity contribution >= 4 is 87.8 Å². The van der Waals surface area contributed by atoms with E-state index in [-0.39, 0.29) is 94.6 Å². The number of amides is 7. The summed E-state index contributed by atoms with van der Waals surface area (Å²) in [5.41, 5.74) is 7.36. The number of nitrogen functional groups attached to an aromatic ring is 1. The number of carbonyl (C=O) groups excluding carboxylic acids is 7. The van der Waals surface area contributed by atoms with Crippen LogP contribution >= 0.6 is 35.0 Å². The first-order chi connectivity index (χ1) is 30.1. The Morgan fingerprint density at radius 2 is 1.71 bits per heavy atom. The molecule has 3 atom stereocenters. The third-order valence-corrected chi connectivity index (χ3v) is 12.8. The second kappa shape index (κ2) is 19.1. The lowest BCUT2D eigenvalue weighted by atomic mass is 10.0. The van der Waals surface area contributed by atoms with E-state index < -0.39 is 41.4 Å². The third kappa shape index (κ3) is 9.62. The number of hydrogen-bond donors (Lipinski definition) is 3. The Hall–Kier alpha value is -6.11. The van der Waals surface area contributed by atoms with Crippen molar-refractivity contribution in [3.63, 3.8) is 0 Å². The maximum atomic E-state index is 13.9. The summed E-state index contributed by atoms with van der Waals surface area (Å²) in [5.74, 6) is -3.32. The van der Waals surface area contributed by atoms with Gasteiger partial charge in [0.25, 0.3) is 23.6 Å². The molecule has 0 bridgehead atoms. The molecule has 0 aliphatic carbocycles. The van der Waals surface area contributed by atoms with Crippen LogP contribution in [0.4, 0.5) is 15.9 Å². The molecule has 1 aromatic heterocycles. The molecule has 7 rings (SSSR count). The van der Waals surface area contributed by atoms with Gasteiger partial charge in [-0.2, -0.15) is 0 Å². The Balaban J connectivity index is 0.879. The van der Waals surface area contributed by atoms with E-state index in [1.165, 1.54) is 23.9 Å². The van der Waals surface area contributed by atoms with Crippen LogP contribution in [0.2, 0.25) is 10.0 Å². The summed E-state index contributed by atoms with van der Waals surface area (Å²) in [4.78, 5) is 95.9. The Labute approximate surface area is 375 Å². The summed E-state index contributed by atoms with van der Waals surface area (Å²) in [7, 11) is 0. The molecule has 3 aliphatic rings. The first-order valence-electron chi connectivity index (χ1n) is 20.0. The molecule has 20 heteroatoms. The number of benzene rings is 3. The summed E-state index contributed by atoms with van der Waals surface area (Å²) < 4.78 is 19.6. The molecule has 328 valence electrons. The van der Waals surface area contributed by atoms with Gasteiger partial charge in [0.1, 0.15) is 11.9 Å². The number of fused-ring (bicyclic) bond motifs is 1. The van der Waals surface area contributed by atoms with E-state index in [1.807, 2.05) is 13.8 Å². The fourth-order valence-corrected chi connectivity index (χ4v) is 9.45. The van der Waals surface area contributed by atoms with Crippen LogP contribution in [0, 0.1) is 5.82 Å². The molecule has 7 amide bonds. The number of halogens is 3. The molecule has 3 aliphatic heterocycles. The van der Waals surface area contributed by atoms with Crippen molar-refractivity contribution in [3.8, 4) is 5.75 Å². The predicted octanol–water partition coefficient (Wildman–Crippen LogP) is 5.41. The highest BCUT2D eigenvalue weighted by molar-refractivity contribution is 7.99. The molecule has 63 heavy (non-hydrogen) atoms. The van der Waals surface area contributed by atoms with Crippen LogP contribution < -0.4 is 21.1 Å². The van der Waals surface area contributed by atoms with E-state index in [9.17, 15) is 38.0 Å². The van der Waals surface area contributed by atoms with Gasteiger partial charge in [0.2, 0.25) is 17.7 Å². The van der Waals surface area contributed by atoms with Gasteiger partial charge in [-0.1, -0.05) is 29.3 Å². The second-order valence-electron chi connectivity index (χ2n) is 15.2. The number of piperazine rings is 1. The van der Waals surface area contributed by atoms with Crippen molar-refractivity contribution in [2.45, 2.75) is 69.0 Å². The number of ether oxygens (including phenoxy) is 1. The number of hydrogen-bond acceptors (Lipinski definition) is 12. The minimum absolute atomic E-state index is 0.00274. The molecule has 2 saturated heterocycles. The van der Waals surface area contributed by atoms with E-state index in [4.69, 9.17) is 33.7 Å². The predicted molar refractivity (Wildman–Crippen MR) is 231 cm³/mol. The molecule has 0 spiro atoms. The highest BCUT2D eigenvalue weighted by Crippen LogP contribution is 2.35. The zero-order valence-corrected chi connectivity index (χ0v) is 36.3. The monoisotopic (exact) mass is 918 g/mol. The number of imide groups is 2. The van der Waals surface area contributed by atoms with Crippen LogP contribution in [-0.4, -0.2) is 110 Å². The van der Waals surface area contributed by atoms with Crippen LogP contribution in [0.25, 0.3) is 0 Å². The standard InChI is InChI=1S/C43H41Cl2FN8O8S/c1-22-20-52(21-23(2)53(22)35(56)7-4-18-63-33-6-3-5-27-36(33)43(61)54(42(27)60)31-14-15-34(55)49-40(31)58)41(59)24-8-10-25(11-9-24)48-39(57)30-19-32(38(47)51-50-30)62-17-16-26-28(44)12-13-29(46)37(26)45/h3,5-6,8-13,19,22-23,31H,4,7,14-18,20-21H2,1-2H3,(H2,47,51)(H,48,57)(H,49,55,58)/t22-,23+,31-/m1/s1. The highest BCUT2D eigenvalue weighted by atomic mass is 35.5. The van der Waals surface area contributed by atoms with Gasteiger partial charge in [-0.15, -0.1) is 22.0 Å². The first-order valence-corrected chi connectivity index (χ1v) is 21.7. The summed E-state index contributed by atoms with van der Waals surface area (Å²) in [6.45, 7) is 4.39. The zero-order valence-electron chi connectivity index (χ0n) is 34.0. The summed E-state index contributed by atoms with van der Waals surface area (Å²) >= 11 is 13.5. The minimum Gasteiger partial charge on any atom is -0.489 e. The van der Waals surface area contributed by atoms with E-state index in [0.717, 1.165) is 11.0 Å². The summed E-state index contributed by atoms with van der Waals surface area (Å²) in [5, 5.41) is 12.7. The van der Waals surface area contributed by atoms with Gasteiger partial charge < -0.3 is 25.6 Å². The van der Waals surface area contributed by atoms with Gasteiger partial charge in [0.05, 0.1) is 22.8 Å². The number of carbonyl (C=O) groups is 7. The van der Waals surface area contributed by atoms with Gasteiger partial charge in [-0.3, -0.25) is 43.8 Å². The number of nitrogens with one attached hydrogen (secondary N) is 2. The number of aromatic nitrogens is 2. The fourth-order valence-electron chi connectivity index (χ4n) is 7.86. The number of nitrogens with zero attached hydrogens (tertiary/aromatic N) is 5. The molecule has 4 N–H and O–H groups in total. The molecule has 2 fully saturated rings. The normalized spacial score (nSPS) is 18.6. The Morgan fingerprint density at radius 3 is 2.43 bits per heavy atom. The third-order valence-electron chi connectivity index (χ3n) is 10.9. The van der Waals surface area contributed by atoms with Crippen molar-refractivity contribution in [3.05, 3.63) is 104 Å². The topological polar surface area (TPSA) is 214 Å². The van der Waals surface area contributed by atoms with E-state index in [1.54, 1.807) is 52.3 Å². The molecule has 0 unspecified atom stereocenters. The van der Waals surface area contributed by atoms with Crippen molar-refractivity contribution < 1.29 is 42.7 Å². The molecule has 0 saturated carbocycles. The molecule has 0 radical (unpaired) electrons. The van der Waals surface area contributed by atoms with E-state index in [2.05, 4.69) is 20.8 Å². The van der Waals surface area contributed by atoms with Crippen LogP contribution in [0.15, 0.2) is 65.6 Å². The molecule has 4 aromatic rings. The van der Waals surface area contributed by atoms with E-state index >= 15 is 0 Å². The summed E-state index contributed by atoms with van der Waals surface area (Å²) in [6.07, 6.45) is 0.958. The van der Waals surface area contributed by atoms with Crippen molar-refractivity contribution in [2.75, 3.05) is 36.5 Å². The molecular weight excluding hydrogens is 878 g/mol. The number of nitrogens with two attached hydrogens (primary N) is 1. The van der Waals surface area contributed by atoms with Gasteiger partial charge in [0, 0.05) is 71.7 Å². The van der Waals surface area contributed by atoms with Crippen molar-refractivity contribution in [2.24, 2.45) is 0 Å². The lowest BCUT2D eigenvalue weighted by Gasteiger charge is -2.44. The maximum Gasteiger partial charge on any atom is 0.276 e. The van der Waals surface area contributed by atoms with Crippen LogP contribution in [-0.2, 0) is 20.8 Å². The van der Waals surface area contributed by atoms with Crippen molar-refractivity contribution in [1.29, 1.82) is 0 Å². The van der Waals surface area contributed by atoms with Gasteiger partial charge >= 0.3 is 0 Å². The van der Waals surface area contributed by atoms with Crippen LogP contribution in [0.3, 0.4) is 0 Å². The van der Waals surface area contributed by atoms with Gasteiger partial charge in [-0.25, -0.2) is 4.39 Å². The highest BCUT2D eigenvalue weighted by Gasteiger charge is 2.45. The Morgan fingerprint density at radius 1 is 0.984 bits per heavy atom. The first kappa shape index (κ1) is 44.9. The second-order valence-corrected chi connectivity index (χ2v) is 17.1. The number of anilines is 2. The Kier molecular flexibility index (Phi) is 13.6. The minimum atomic E-state index is -1.06. The molecule has 4 heterocycles. The van der Waals surface area contributed by atoms with Crippen molar-refractivity contribution in [1.82, 2.24) is 30.2 Å². The van der Waals surface area contributed by atoms with Crippen LogP contribution in [0.5, 0.6) is 5.75 Å². The smallest absolute Gasteiger partial charge is 0.276 e. The average Bonchev–Trinajstić information content (AvgIpc) is 3.51. The maximum absolute atomic E-state index is 13.9. The number of rotatable bonds is 13. The van der Waals surface area contributed by atoms with Gasteiger partial charge in [0.15, 0.2) is 17.3 Å². The number of piperidine rings is 1. The largest absolute Gasteiger partial charge is 0.489 e. The van der Waals surface area contributed by atoms with Crippen LogP contribution in [0.1, 0.15) is 86.7 Å².